The van der Waals surface area contributed by atoms with Crippen molar-refractivity contribution in [3.8, 4) is 0 Å². The lowest BCUT2D eigenvalue weighted by Crippen LogP contribution is -2.53. The van der Waals surface area contributed by atoms with E-state index in [2.05, 4.69) is 10.3 Å². The molecule has 2 rings (SSSR count). The maximum Gasteiger partial charge on any atom is 0.390 e. The number of aliphatic imine (C=N–C) groups is 1. The number of benzene rings is 1. The molecular formula is C15H20F4N4. The predicted molar refractivity (Wildman–Crippen MR) is 82.2 cm³/mol. The molecule has 1 aromatic rings. The van der Waals surface area contributed by atoms with Crippen molar-refractivity contribution in [2.24, 2.45) is 4.99 Å². The lowest BCUT2D eigenvalue weighted by Gasteiger charge is -2.37. The number of hydrogen-bond acceptors (Lipinski definition) is 2. The summed E-state index contributed by atoms with van der Waals surface area (Å²) in [5.74, 6) is 0.177. The summed E-state index contributed by atoms with van der Waals surface area (Å²) >= 11 is 0. The van der Waals surface area contributed by atoms with Gasteiger partial charge in [0.2, 0.25) is 0 Å². The van der Waals surface area contributed by atoms with Crippen molar-refractivity contribution in [1.82, 2.24) is 10.2 Å². The summed E-state index contributed by atoms with van der Waals surface area (Å²) in [4.78, 5) is 7.83. The molecule has 23 heavy (non-hydrogen) atoms. The van der Waals surface area contributed by atoms with Crippen molar-refractivity contribution in [3.05, 3.63) is 30.1 Å². The maximum absolute atomic E-state index is 13.8. The van der Waals surface area contributed by atoms with Gasteiger partial charge in [-0.2, -0.15) is 13.2 Å². The lowest BCUT2D eigenvalue weighted by atomic mass is 10.2. The van der Waals surface area contributed by atoms with E-state index in [1.807, 2.05) is 9.80 Å². The third kappa shape index (κ3) is 5.01. The fraction of sp³-hybridized carbons (Fsp3) is 0.533. The molecule has 128 valence electrons. The Hall–Kier alpha value is -1.99. The number of halogens is 4. The number of guanidine groups is 1. The second kappa shape index (κ2) is 7.52. The first-order chi connectivity index (χ1) is 10.9. The van der Waals surface area contributed by atoms with E-state index >= 15 is 0 Å². The molecule has 1 aromatic carbocycles. The molecule has 0 bridgehead atoms. The highest BCUT2D eigenvalue weighted by molar-refractivity contribution is 5.80. The average molecular weight is 332 g/mol. The van der Waals surface area contributed by atoms with Gasteiger partial charge in [0.25, 0.3) is 0 Å². The molecule has 0 aromatic heterocycles. The summed E-state index contributed by atoms with van der Waals surface area (Å²) < 4.78 is 50.4. The number of rotatable bonds is 3. The van der Waals surface area contributed by atoms with Crippen LogP contribution in [0.15, 0.2) is 29.3 Å². The number of piperazine rings is 1. The number of nitrogens with zero attached hydrogens (tertiary/aromatic N) is 3. The number of para-hydroxylation sites is 1. The zero-order valence-corrected chi connectivity index (χ0v) is 12.9. The number of hydrogen-bond donors (Lipinski definition) is 1. The summed E-state index contributed by atoms with van der Waals surface area (Å²) in [6, 6.07) is 6.56. The molecule has 1 saturated heterocycles. The molecule has 1 fully saturated rings. The molecule has 0 atom stereocenters. The molecule has 1 heterocycles. The molecule has 4 nitrogen and oxygen atoms in total. The lowest BCUT2D eigenvalue weighted by molar-refractivity contribution is -0.132. The van der Waals surface area contributed by atoms with Crippen molar-refractivity contribution in [1.29, 1.82) is 0 Å². The highest BCUT2D eigenvalue weighted by Gasteiger charge is 2.27. The van der Waals surface area contributed by atoms with Crippen LogP contribution in [-0.4, -0.2) is 56.8 Å². The summed E-state index contributed by atoms with van der Waals surface area (Å²) in [5.41, 5.74) is 0.548. The van der Waals surface area contributed by atoms with Crippen LogP contribution in [0.5, 0.6) is 0 Å². The van der Waals surface area contributed by atoms with E-state index in [4.69, 9.17) is 0 Å². The predicted octanol–water partition coefficient (Wildman–Crippen LogP) is 2.48. The van der Waals surface area contributed by atoms with Crippen LogP contribution in [0.3, 0.4) is 0 Å². The van der Waals surface area contributed by atoms with Gasteiger partial charge < -0.3 is 15.1 Å². The van der Waals surface area contributed by atoms with Gasteiger partial charge in [0.15, 0.2) is 5.96 Å². The van der Waals surface area contributed by atoms with Gasteiger partial charge in [0, 0.05) is 39.8 Å². The van der Waals surface area contributed by atoms with E-state index in [1.54, 1.807) is 25.2 Å². The van der Waals surface area contributed by atoms with Crippen LogP contribution < -0.4 is 10.2 Å². The quantitative estimate of drug-likeness (QED) is 0.524. The second-order valence-electron chi connectivity index (χ2n) is 5.26. The first-order valence-corrected chi connectivity index (χ1v) is 7.42. The summed E-state index contributed by atoms with van der Waals surface area (Å²) in [6.45, 7) is 2.10. The Morgan fingerprint density at radius 3 is 2.39 bits per heavy atom. The van der Waals surface area contributed by atoms with Gasteiger partial charge in [-0.15, -0.1) is 0 Å². The van der Waals surface area contributed by atoms with Crippen LogP contribution in [0.25, 0.3) is 0 Å². The Balaban J connectivity index is 1.86. The smallest absolute Gasteiger partial charge is 0.366 e. The van der Waals surface area contributed by atoms with Crippen LogP contribution in [-0.2, 0) is 0 Å². The van der Waals surface area contributed by atoms with Crippen molar-refractivity contribution in [3.63, 3.8) is 0 Å². The van der Waals surface area contributed by atoms with Crippen LogP contribution >= 0.6 is 0 Å². The van der Waals surface area contributed by atoms with E-state index in [0.717, 1.165) is 0 Å². The molecule has 0 spiro atoms. The number of anilines is 1. The van der Waals surface area contributed by atoms with E-state index in [-0.39, 0.29) is 12.4 Å². The monoisotopic (exact) mass is 332 g/mol. The third-order valence-electron chi connectivity index (χ3n) is 3.68. The third-order valence-corrected chi connectivity index (χ3v) is 3.68. The van der Waals surface area contributed by atoms with Crippen LogP contribution in [0, 0.1) is 5.82 Å². The minimum atomic E-state index is -4.19. The minimum absolute atomic E-state index is 0.205. The molecule has 1 aliphatic rings. The van der Waals surface area contributed by atoms with Gasteiger partial charge in [-0.1, -0.05) is 12.1 Å². The standard InChI is InChI=1S/C15H20F4N4/c1-20-14(21-7-6-15(17,18)19)23-10-8-22(9-11-23)13-5-3-2-4-12(13)16/h2-5H,6-11H2,1H3,(H,20,21). The van der Waals surface area contributed by atoms with Crippen LogP contribution in [0.1, 0.15) is 6.42 Å². The maximum atomic E-state index is 13.8. The fourth-order valence-corrected chi connectivity index (χ4v) is 2.52. The molecule has 8 heteroatoms. The number of nitrogens with one attached hydrogen (secondary N) is 1. The first kappa shape index (κ1) is 17.4. The normalized spacial score (nSPS) is 16.7. The highest BCUT2D eigenvalue weighted by atomic mass is 19.4. The molecule has 0 radical (unpaired) electrons. The molecular weight excluding hydrogens is 312 g/mol. The van der Waals surface area contributed by atoms with Crippen molar-refractivity contribution in [2.75, 3.05) is 44.7 Å². The first-order valence-electron chi connectivity index (χ1n) is 7.42. The Kier molecular flexibility index (Phi) is 5.68. The second-order valence-corrected chi connectivity index (χ2v) is 5.26. The van der Waals surface area contributed by atoms with Crippen LogP contribution in [0.2, 0.25) is 0 Å². The van der Waals surface area contributed by atoms with Gasteiger partial charge >= 0.3 is 6.18 Å². The largest absolute Gasteiger partial charge is 0.390 e. The van der Waals surface area contributed by atoms with Crippen LogP contribution in [0.4, 0.5) is 23.2 Å². The highest BCUT2D eigenvalue weighted by Crippen LogP contribution is 2.20. The van der Waals surface area contributed by atoms with Crippen molar-refractivity contribution in [2.45, 2.75) is 12.6 Å². The molecule has 0 aliphatic carbocycles. The summed E-state index contributed by atoms with van der Waals surface area (Å²) in [5, 5.41) is 2.72. The van der Waals surface area contributed by atoms with Crippen molar-refractivity contribution >= 4 is 11.6 Å². The molecule has 0 unspecified atom stereocenters. The molecule has 0 saturated carbocycles. The Morgan fingerprint density at radius 2 is 1.83 bits per heavy atom. The minimum Gasteiger partial charge on any atom is -0.366 e. The zero-order chi connectivity index (χ0) is 16.9. The Bertz CT molecular complexity index is 537. The Morgan fingerprint density at radius 1 is 1.17 bits per heavy atom. The molecule has 0 amide bonds. The van der Waals surface area contributed by atoms with Gasteiger partial charge in [-0.25, -0.2) is 4.39 Å². The summed E-state index contributed by atoms with van der Waals surface area (Å²) in [7, 11) is 1.54. The topological polar surface area (TPSA) is 30.9 Å². The SMILES string of the molecule is CN=C(NCCC(F)(F)F)N1CCN(c2ccccc2F)CC1. The van der Waals surface area contributed by atoms with Crippen molar-refractivity contribution < 1.29 is 17.6 Å². The van der Waals surface area contributed by atoms with Gasteiger partial charge in [-0.3, -0.25) is 4.99 Å². The van der Waals surface area contributed by atoms with Gasteiger partial charge in [-0.05, 0) is 12.1 Å². The number of alkyl halides is 3. The molecule has 1 aliphatic heterocycles. The van der Waals surface area contributed by atoms with E-state index in [0.29, 0.717) is 37.8 Å². The molecule has 1 N–H and O–H groups in total. The van der Waals surface area contributed by atoms with E-state index in [1.165, 1.54) is 6.07 Å². The van der Waals surface area contributed by atoms with E-state index in [9.17, 15) is 17.6 Å². The van der Waals surface area contributed by atoms with Gasteiger partial charge in [0.1, 0.15) is 5.82 Å². The zero-order valence-electron chi connectivity index (χ0n) is 12.9. The average Bonchev–Trinajstić information content (AvgIpc) is 2.51. The summed E-state index contributed by atoms with van der Waals surface area (Å²) in [6.07, 6.45) is -5.09. The fourth-order valence-electron chi connectivity index (χ4n) is 2.52. The van der Waals surface area contributed by atoms with Gasteiger partial charge in [0.05, 0.1) is 12.1 Å². The Labute approximate surface area is 132 Å². The van der Waals surface area contributed by atoms with E-state index < -0.39 is 12.6 Å².